The van der Waals surface area contributed by atoms with E-state index >= 15 is 0 Å². The predicted molar refractivity (Wildman–Crippen MR) is 75.4 cm³/mol. The van der Waals surface area contributed by atoms with Crippen LogP contribution in [0.2, 0.25) is 0 Å². The van der Waals surface area contributed by atoms with Gasteiger partial charge in [-0.3, -0.25) is 0 Å². The number of carbonyl (C=O) groups is 1. The molecule has 2 atom stereocenters. The highest BCUT2D eigenvalue weighted by atomic mass is 19.3. The van der Waals surface area contributed by atoms with E-state index < -0.39 is 30.5 Å². The summed E-state index contributed by atoms with van der Waals surface area (Å²) in [5.74, 6) is -1.31. The van der Waals surface area contributed by atoms with Gasteiger partial charge in [0.05, 0.1) is 19.3 Å². The van der Waals surface area contributed by atoms with Crippen molar-refractivity contribution in [3.05, 3.63) is 11.3 Å². The van der Waals surface area contributed by atoms with Crippen molar-refractivity contribution >= 4 is 5.97 Å². The van der Waals surface area contributed by atoms with Gasteiger partial charge in [0.1, 0.15) is 5.57 Å². The lowest BCUT2D eigenvalue weighted by Crippen LogP contribution is -2.38. The molecule has 0 fully saturated rings. The van der Waals surface area contributed by atoms with Crippen molar-refractivity contribution in [3.63, 3.8) is 0 Å². The number of hydrogen-bond acceptors (Lipinski definition) is 5. The second kappa shape index (κ2) is 9.05. The lowest BCUT2D eigenvalue weighted by atomic mass is 10.0. The molecule has 7 heteroatoms. The first-order valence-electron chi connectivity index (χ1n) is 7.49. The van der Waals surface area contributed by atoms with E-state index in [4.69, 9.17) is 18.9 Å². The molecule has 22 heavy (non-hydrogen) atoms. The fourth-order valence-corrected chi connectivity index (χ4v) is 2.07. The van der Waals surface area contributed by atoms with E-state index in [0.29, 0.717) is 6.61 Å². The number of ether oxygens (including phenoxy) is 4. The average Bonchev–Trinajstić information content (AvgIpc) is 2.45. The number of alkyl halides is 2. The summed E-state index contributed by atoms with van der Waals surface area (Å²) < 4.78 is 47.4. The van der Waals surface area contributed by atoms with Crippen LogP contribution in [0.25, 0.3) is 0 Å². The summed E-state index contributed by atoms with van der Waals surface area (Å²) in [4.78, 5) is 12.0. The summed E-state index contributed by atoms with van der Waals surface area (Å²) in [5.41, 5.74) is -0.247. The lowest BCUT2D eigenvalue weighted by Gasteiger charge is -2.32. The van der Waals surface area contributed by atoms with Gasteiger partial charge in [-0.25, -0.2) is 13.6 Å². The molecule has 0 radical (unpaired) electrons. The topological polar surface area (TPSA) is 54.0 Å². The molecule has 0 aromatic carbocycles. The summed E-state index contributed by atoms with van der Waals surface area (Å²) in [5, 5.41) is 0. The second-order valence-electron chi connectivity index (χ2n) is 5.25. The minimum atomic E-state index is -2.94. The number of halogens is 2. The number of hydrogen-bond donors (Lipinski definition) is 0. The molecular weight excluding hydrogens is 298 g/mol. The van der Waals surface area contributed by atoms with Crippen LogP contribution in [0.3, 0.4) is 0 Å². The minimum Gasteiger partial charge on any atom is -0.462 e. The fourth-order valence-electron chi connectivity index (χ4n) is 2.07. The van der Waals surface area contributed by atoms with Crippen LogP contribution in [0.15, 0.2) is 11.3 Å². The summed E-state index contributed by atoms with van der Waals surface area (Å²) in [6.45, 7) is 7.95. The molecule has 128 valence electrons. The first kappa shape index (κ1) is 18.8. The first-order valence-corrected chi connectivity index (χ1v) is 7.49. The minimum absolute atomic E-state index is 0.0883. The quantitative estimate of drug-likeness (QED) is 0.643. The Morgan fingerprint density at radius 2 is 1.95 bits per heavy atom. The Bertz CT molecular complexity index is 395. The largest absolute Gasteiger partial charge is 0.462 e. The van der Waals surface area contributed by atoms with Crippen molar-refractivity contribution in [2.24, 2.45) is 5.92 Å². The van der Waals surface area contributed by atoms with Crippen molar-refractivity contribution in [1.82, 2.24) is 0 Å². The van der Waals surface area contributed by atoms with Crippen LogP contribution < -0.4 is 0 Å². The van der Waals surface area contributed by atoms with Crippen molar-refractivity contribution in [1.29, 1.82) is 0 Å². The van der Waals surface area contributed by atoms with Gasteiger partial charge in [-0.05, 0) is 19.8 Å². The van der Waals surface area contributed by atoms with E-state index in [9.17, 15) is 13.6 Å². The van der Waals surface area contributed by atoms with E-state index in [1.165, 1.54) is 0 Å². The van der Waals surface area contributed by atoms with Crippen molar-refractivity contribution in [3.8, 4) is 0 Å². The zero-order valence-corrected chi connectivity index (χ0v) is 13.4. The third-order valence-corrected chi connectivity index (χ3v) is 2.93. The van der Waals surface area contributed by atoms with Gasteiger partial charge in [0.15, 0.2) is 5.76 Å². The van der Waals surface area contributed by atoms with Crippen LogP contribution >= 0.6 is 0 Å². The van der Waals surface area contributed by atoms with E-state index in [1.807, 2.05) is 13.8 Å². The number of allylic oxidation sites excluding steroid dienone is 1. The first-order chi connectivity index (χ1) is 10.4. The molecule has 2 unspecified atom stereocenters. The molecule has 0 saturated heterocycles. The summed E-state index contributed by atoms with van der Waals surface area (Å²) in [6, 6.07) is 0. The van der Waals surface area contributed by atoms with E-state index in [1.54, 1.807) is 13.8 Å². The Balaban J connectivity index is 3.01. The number of esters is 1. The molecule has 1 rings (SSSR count). The monoisotopic (exact) mass is 322 g/mol. The maximum atomic E-state index is 13.3. The highest BCUT2D eigenvalue weighted by molar-refractivity contribution is 5.90. The standard InChI is InChI=1S/C15H24F2O5/c1-5-19-10-7-11(21-8-9(3)4)22-13(14(16)17)12(10)15(18)20-6-2/h9-11,14H,5-8H2,1-4H3. The Labute approximate surface area is 129 Å². The molecular formula is C15H24F2O5. The van der Waals surface area contributed by atoms with Crippen LogP contribution in [0.4, 0.5) is 8.78 Å². The van der Waals surface area contributed by atoms with Crippen LogP contribution in [0.1, 0.15) is 34.1 Å². The Morgan fingerprint density at radius 3 is 2.45 bits per heavy atom. The van der Waals surface area contributed by atoms with Crippen molar-refractivity contribution in [2.45, 2.75) is 52.9 Å². The maximum absolute atomic E-state index is 13.3. The molecule has 1 aliphatic heterocycles. The summed E-state index contributed by atoms with van der Waals surface area (Å²) in [6.07, 6.45) is -4.45. The zero-order valence-electron chi connectivity index (χ0n) is 13.4. The van der Waals surface area contributed by atoms with Crippen molar-refractivity contribution < 1.29 is 32.5 Å². The molecule has 0 aromatic heterocycles. The molecule has 0 bridgehead atoms. The highest BCUT2D eigenvalue weighted by Gasteiger charge is 2.39. The molecule has 0 spiro atoms. The smallest absolute Gasteiger partial charge is 0.340 e. The second-order valence-corrected chi connectivity index (χ2v) is 5.25. The summed E-state index contributed by atoms with van der Waals surface area (Å²) >= 11 is 0. The predicted octanol–water partition coefficient (Wildman–Crippen LogP) is 2.89. The van der Waals surface area contributed by atoms with E-state index in [-0.39, 0.29) is 31.1 Å². The molecule has 1 heterocycles. The molecule has 0 N–H and O–H groups in total. The maximum Gasteiger partial charge on any atom is 0.340 e. The van der Waals surface area contributed by atoms with Crippen LogP contribution in [0, 0.1) is 5.92 Å². The van der Waals surface area contributed by atoms with Crippen molar-refractivity contribution in [2.75, 3.05) is 19.8 Å². The number of carbonyl (C=O) groups excluding carboxylic acids is 1. The average molecular weight is 322 g/mol. The Morgan fingerprint density at radius 1 is 1.27 bits per heavy atom. The SMILES string of the molecule is CCOC(=O)C1=C(C(F)F)OC(OCC(C)C)CC1OCC. The third-order valence-electron chi connectivity index (χ3n) is 2.93. The summed E-state index contributed by atoms with van der Waals surface area (Å²) in [7, 11) is 0. The van der Waals surface area contributed by atoms with Crippen LogP contribution in [-0.2, 0) is 23.7 Å². The third kappa shape index (κ3) is 5.21. The molecule has 0 amide bonds. The Kier molecular flexibility index (Phi) is 7.75. The molecule has 1 aliphatic rings. The van der Waals surface area contributed by atoms with E-state index in [2.05, 4.69) is 0 Å². The van der Waals surface area contributed by atoms with Gasteiger partial charge in [-0.15, -0.1) is 0 Å². The number of rotatable bonds is 8. The highest BCUT2D eigenvalue weighted by Crippen LogP contribution is 2.32. The van der Waals surface area contributed by atoms with Crippen LogP contribution in [0.5, 0.6) is 0 Å². The molecule has 0 aromatic rings. The van der Waals surface area contributed by atoms with Gasteiger partial charge < -0.3 is 18.9 Å². The van der Waals surface area contributed by atoms with Gasteiger partial charge in [-0.2, -0.15) is 0 Å². The molecule has 0 saturated carbocycles. The van der Waals surface area contributed by atoms with Crippen LogP contribution in [-0.4, -0.2) is 44.6 Å². The fraction of sp³-hybridized carbons (Fsp3) is 0.800. The van der Waals surface area contributed by atoms with E-state index in [0.717, 1.165) is 0 Å². The van der Waals surface area contributed by atoms with Gasteiger partial charge in [0.2, 0.25) is 6.29 Å². The van der Waals surface area contributed by atoms with Gasteiger partial charge in [-0.1, -0.05) is 13.8 Å². The Hall–Kier alpha value is -1.21. The van der Waals surface area contributed by atoms with Gasteiger partial charge in [0.25, 0.3) is 6.43 Å². The lowest BCUT2D eigenvalue weighted by molar-refractivity contribution is -0.173. The van der Waals surface area contributed by atoms with Gasteiger partial charge in [0, 0.05) is 13.0 Å². The molecule has 5 nitrogen and oxygen atoms in total. The zero-order chi connectivity index (χ0) is 16.7. The molecule has 0 aliphatic carbocycles. The van der Waals surface area contributed by atoms with Gasteiger partial charge >= 0.3 is 5.97 Å². The normalized spacial score (nSPS) is 22.2.